The molecule has 1 unspecified atom stereocenters. The summed E-state index contributed by atoms with van der Waals surface area (Å²) in [6.45, 7) is 1.71. The normalized spacial score (nSPS) is 27.7. The summed E-state index contributed by atoms with van der Waals surface area (Å²) in [7, 11) is 1.66. The Bertz CT molecular complexity index is 503. The SMILES string of the molecule is COc1cccc(CCC(=O)N2C[C@H]3CC[C@@H](C2)C3N)c1. The van der Waals surface area contributed by atoms with Gasteiger partial charge in [-0.3, -0.25) is 4.79 Å². The van der Waals surface area contributed by atoms with E-state index in [0.29, 0.717) is 24.3 Å². The zero-order chi connectivity index (χ0) is 14.8. The van der Waals surface area contributed by atoms with E-state index in [0.717, 1.165) is 30.8 Å². The second-order valence-corrected chi connectivity index (χ2v) is 6.33. The molecular formula is C17H24N2O2. The Morgan fingerprint density at radius 2 is 2.05 bits per heavy atom. The molecule has 4 nitrogen and oxygen atoms in total. The fourth-order valence-corrected chi connectivity index (χ4v) is 3.71. The van der Waals surface area contributed by atoms with Crippen molar-refractivity contribution in [2.45, 2.75) is 31.7 Å². The van der Waals surface area contributed by atoms with Gasteiger partial charge in [0.05, 0.1) is 7.11 Å². The Hall–Kier alpha value is -1.55. The van der Waals surface area contributed by atoms with Crippen molar-refractivity contribution in [3.8, 4) is 5.75 Å². The molecule has 114 valence electrons. The number of rotatable bonds is 4. The van der Waals surface area contributed by atoms with Crippen LogP contribution in [-0.4, -0.2) is 37.0 Å². The van der Waals surface area contributed by atoms with Gasteiger partial charge in [-0.15, -0.1) is 0 Å². The molecule has 1 aromatic rings. The summed E-state index contributed by atoms with van der Waals surface area (Å²) in [5.74, 6) is 2.15. The number of amides is 1. The lowest BCUT2D eigenvalue weighted by molar-refractivity contribution is -0.133. The average molecular weight is 288 g/mol. The highest BCUT2D eigenvalue weighted by Gasteiger charge is 2.40. The van der Waals surface area contributed by atoms with Crippen molar-refractivity contribution in [2.24, 2.45) is 17.6 Å². The van der Waals surface area contributed by atoms with Crippen molar-refractivity contribution in [1.29, 1.82) is 0 Å². The van der Waals surface area contributed by atoms with Gasteiger partial charge in [0.15, 0.2) is 0 Å². The number of hydrogen-bond acceptors (Lipinski definition) is 3. The van der Waals surface area contributed by atoms with Crippen molar-refractivity contribution in [3.63, 3.8) is 0 Å². The summed E-state index contributed by atoms with van der Waals surface area (Å²) in [6, 6.07) is 8.26. The molecule has 1 saturated carbocycles. The molecular weight excluding hydrogens is 264 g/mol. The van der Waals surface area contributed by atoms with Crippen LogP contribution in [-0.2, 0) is 11.2 Å². The molecule has 1 aliphatic heterocycles. The Balaban J connectivity index is 1.55. The van der Waals surface area contributed by atoms with Crippen molar-refractivity contribution < 1.29 is 9.53 Å². The largest absolute Gasteiger partial charge is 0.497 e. The highest BCUT2D eigenvalue weighted by molar-refractivity contribution is 5.76. The first-order chi connectivity index (χ1) is 10.2. The number of ether oxygens (including phenoxy) is 1. The third-order valence-corrected chi connectivity index (χ3v) is 5.02. The first-order valence-corrected chi connectivity index (χ1v) is 7.83. The Kier molecular flexibility index (Phi) is 4.15. The number of aryl methyl sites for hydroxylation is 1. The maximum atomic E-state index is 12.4. The Morgan fingerprint density at radius 1 is 1.33 bits per heavy atom. The van der Waals surface area contributed by atoms with Gasteiger partial charge < -0.3 is 15.4 Å². The van der Waals surface area contributed by atoms with Gasteiger partial charge in [-0.1, -0.05) is 12.1 Å². The fraction of sp³-hybridized carbons (Fsp3) is 0.588. The molecule has 0 aromatic heterocycles. The summed E-state index contributed by atoms with van der Waals surface area (Å²) in [4.78, 5) is 14.4. The van der Waals surface area contributed by atoms with Gasteiger partial charge >= 0.3 is 0 Å². The number of nitrogens with zero attached hydrogens (tertiary/aromatic N) is 1. The molecule has 0 radical (unpaired) electrons. The molecule has 2 aliphatic rings. The average Bonchev–Trinajstić information content (AvgIpc) is 2.74. The molecule has 1 heterocycles. The number of hydrogen-bond donors (Lipinski definition) is 1. The fourth-order valence-electron chi connectivity index (χ4n) is 3.71. The third-order valence-electron chi connectivity index (χ3n) is 5.02. The number of methoxy groups -OCH3 is 1. The summed E-state index contributed by atoms with van der Waals surface area (Å²) >= 11 is 0. The van der Waals surface area contributed by atoms with E-state index in [9.17, 15) is 4.79 Å². The minimum atomic E-state index is 0.265. The maximum Gasteiger partial charge on any atom is 0.222 e. The van der Waals surface area contributed by atoms with Crippen molar-refractivity contribution in [2.75, 3.05) is 20.2 Å². The summed E-state index contributed by atoms with van der Waals surface area (Å²) in [5, 5.41) is 0. The van der Waals surface area contributed by atoms with Crippen LogP contribution < -0.4 is 10.5 Å². The van der Waals surface area contributed by atoms with E-state index in [4.69, 9.17) is 10.5 Å². The lowest BCUT2D eigenvalue weighted by Gasteiger charge is -2.36. The van der Waals surface area contributed by atoms with Gasteiger partial charge in [-0.2, -0.15) is 0 Å². The topological polar surface area (TPSA) is 55.6 Å². The second-order valence-electron chi connectivity index (χ2n) is 6.33. The number of likely N-dealkylation sites (tertiary alicyclic amines) is 1. The molecule has 2 bridgehead atoms. The quantitative estimate of drug-likeness (QED) is 0.919. The van der Waals surface area contributed by atoms with Crippen molar-refractivity contribution in [1.82, 2.24) is 4.90 Å². The van der Waals surface area contributed by atoms with Crippen molar-refractivity contribution >= 4 is 5.91 Å². The smallest absolute Gasteiger partial charge is 0.222 e. The van der Waals surface area contributed by atoms with Crippen LogP contribution in [0.1, 0.15) is 24.8 Å². The number of piperidine rings is 1. The lowest BCUT2D eigenvalue weighted by Crippen LogP contribution is -2.50. The third kappa shape index (κ3) is 3.05. The van der Waals surface area contributed by atoms with E-state index in [1.165, 1.54) is 12.8 Å². The number of carbonyl (C=O) groups excluding carboxylic acids is 1. The van der Waals surface area contributed by atoms with Crippen LogP contribution in [0.3, 0.4) is 0 Å². The second kappa shape index (κ2) is 6.06. The maximum absolute atomic E-state index is 12.4. The van der Waals surface area contributed by atoms with Crippen LogP contribution in [0.4, 0.5) is 0 Å². The van der Waals surface area contributed by atoms with Crippen LogP contribution in [0, 0.1) is 11.8 Å². The van der Waals surface area contributed by atoms with E-state index in [1.807, 2.05) is 29.2 Å². The van der Waals surface area contributed by atoms with Gasteiger partial charge in [0.25, 0.3) is 0 Å². The van der Waals surface area contributed by atoms with Gasteiger partial charge in [0.2, 0.25) is 5.91 Å². The van der Waals surface area contributed by atoms with Gasteiger partial charge in [0.1, 0.15) is 5.75 Å². The molecule has 21 heavy (non-hydrogen) atoms. The number of nitrogens with two attached hydrogens (primary N) is 1. The van der Waals surface area contributed by atoms with E-state index < -0.39 is 0 Å². The molecule has 4 heteroatoms. The van der Waals surface area contributed by atoms with Crippen molar-refractivity contribution in [3.05, 3.63) is 29.8 Å². The summed E-state index contributed by atoms with van der Waals surface area (Å²) in [6.07, 6.45) is 3.72. The zero-order valence-electron chi connectivity index (χ0n) is 12.6. The number of benzene rings is 1. The molecule has 1 aliphatic carbocycles. The first kappa shape index (κ1) is 14.4. The molecule has 1 aromatic carbocycles. The van der Waals surface area contributed by atoms with Crippen LogP contribution >= 0.6 is 0 Å². The van der Waals surface area contributed by atoms with E-state index >= 15 is 0 Å². The van der Waals surface area contributed by atoms with Crippen LogP contribution in [0.5, 0.6) is 5.75 Å². The van der Waals surface area contributed by atoms with Crippen LogP contribution in [0.2, 0.25) is 0 Å². The van der Waals surface area contributed by atoms with Gasteiger partial charge in [0, 0.05) is 25.6 Å². The monoisotopic (exact) mass is 288 g/mol. The van der Waals surface area contributed by atoms with E-state index in [-0.39, 0.29) is 5.91 Å². The molecule has 2 fully saturated rings. The summed E-state index contributed by atoms with van der Waals surface area (Å²) in [5.41, 5.74) is 7.34. The zero-order valence-corrected chi connectivity index (χ0v) is 12.6. The van der Waals surface area contributed by atoms with Crippen LogP contribution in [0.25, 0.3) is 0 Å². The molecule has 1 saturated heterocycles. The predicted molar refractivity (Wildman–Crippen MR) is 82.1 cm³/mol. The number of fused-ring (bicyclic) bond motifs is 2. The predicted octanol–water partition coefficient (Wildman–Crippen LogP) is 1.82. The van der Waals surface area contributed by atoms with Gasteiger partial charge in [-0.25, -0.2) is 0 Å². The minimum absolute atomic E-state index is 0.265. The minimum Gasteiger partial charge on any atom is -0.497 e. The molecule has 3 atom stereocenters. The molecule has 0 spiro atoms. The molecule has 1 amide bonds. The van der Waals surface area contributed by atoms with E-state index in [1.54, 1.807) is 7.11 Å². The molecule has 3 rings (SSSR count). The Labute approximate surface area is 126 Å². The van der Waals surface area contributed by atoms with E-state index in [2.05, 4.69) is 0 Å². The Morgan fingerprint density at radius 3 is 2.71 bits per heavy atom. The highest BCUT2D eigenvalue weighted by atomic mass is 16.5. The number of carbonyl (C=O) groups is 1. The standard InChI is InChI=1S/C17H24N2O2/c1-21-15-4-2-3-12(9-15)5-8-16(20)19-10-13-6-7-14(11-19)17(13)18/h2-4,9,13-14,17H,5-8,10-11,18H2,1H3/t13-,14+,17?. The first-order valence-electron chi connectivity index (χ1n) is 7.83. The summed E-state index contributed by atoms with van der Waals surface area (Å²) < 4.78 is 5.22. The van der Waals surface area contributed by atoms with Crippen LogP contribution in [0.15, 0.2) is 24.3 Å². The lowest BCUT2D eigenvalue weighted by atomic mass is 9.93. The molecule has 2 N–H and O–H groups in total. The van der Waals surface area contributed by atoms with Gasteiger partial charge in [-0.05, 0) is 48.8 Å². The highest BCUT2D eigenvalue weighted by Crippen LogP contribution is 2.35.